The molecule has 2 unspecified atom stereocenters. The molecule has 0 saturated heterocycles. The van der Waals surface area contributed by atoms with Crippen LogP contribution in [0.4, 0.5) is 0 Å². The molecule has 0 aliphatic heterocycles. The SMILES string of the molecule is CC1=C([Si](c2ccccc2)(c2ccccc2)C(C)(C)C)CC(C[Si](c2ccccc2)(c2ccccc2)C(C)(C)C)CC1C(=O)c1ccccc1. The summed E-state index contributed by atoms with van der Waals surface area (Å²) in [5.41, 5.74) is 2.14. The second-order valence-electron chi connectivity index (χ2n) is 16.6. The zero-order valence-electron chi connectivity index (χ0n) is 31.1. The van der Waals surface area contributed by atoms with Crippen molar-refractivity contribution < 1.29 is 4.79 Å². The van der Waals surface area contributed by atoms with Gasteiger partial charge in [0.2, 0.25) is 0 Å². The molecule has 0 spiro atoms. The Morgan fingerprint density at radius 2 is 0.940 bits per heavy atom. The molecule has 0 saturated carbocycles. The zero-order chi connectivity index (χ0) is 35.6. The predicted octanol–water partition coefficient (Wildman–Crippen LogP) is 9.88. The van der Waals surface area contributed by atoms with Crippen LogP contribution >= 0.6 is 0 Å². The van der Waals surface area contributed by atoms with E-state index in [1.54, 1.807) is 5.20 Å². The van der Waals surface area contributed by atoms with Gasteiger partial charge in [-0.3, -0.25) is 4.79 Å². The van der Waals surface area contributed by atoms with Crippen LogP contribution in [0.5, 0.6) is 0 Å². The average molecular weight is 691 g/mol. The monoisotopic (exact) mass is 690 g/mol. The van der Waals surface area contributed by atoms with Crippen molar-refractivity contribution >= 4 is 42.7 Å². The highest BCUT2D eigenvalue weighted by molar-refractivity contribution is 7.09. The number of rotatable bonds is 9. The molecular weight excluding hydrogens is 637 g/mol. The third-order valence-electron chi connectivity index (χ3n) is 11.8. The van der Waals surface area contributed by atoms with E-state index in [4.69, 9.17) is 0 Å². The summed E-state index contributed by atoms with van der Waals surface area (Å²) in [7, 11) is -5.09. The lowest BCUT2D eigenvalue weighted by atomic mass is 9.78. The fraction of sp³-hybridized carbons (Fsp3) is 0.298. The van der Waals surface area contributed by atoms with Crippen LogP contribution in [0.1, 0.15) is 71.7 Å². The van der Waals surface area contributed by atoms with Gasteiger partial charge in [-0.2, -0.15) is 0 Å². The number of benzene rings is 5. The van der Waals surface area contributed by atoms with E-state index in [1.165, 1.54) is 26.3 Å². The summed E-state index contributed by atoms with van der Waals surface area (Å²) in [5.74, 6) is 0.455. The minimum absolute atomic E-state index is 0.0441. The summed E-state index contributed by atoms with van der Waals surface area (Å²) >= 11 is 0. The van der Waals surface area contributed by atoms with E-state index in [2.05, 4.69) is 170 Å². The lowest BCUT2D eigenvalue weighted by Gasteiger charge is -2.51. The fourth-order valence-corrected chi connectivity index (χ4v) is 21.9. The van der Waals surface area contributed by atoms with Crippen LogP contribution in [0.3, 0.4) is 0 Å². The first-order valence-corrected chi connectivity index (χ1v) is 22.6. The molecule has 0 bridgehead atoms. The van der Waals surface area contributed by atoms with E-state index in [-0.39, 0.29) is 21.8 Å². The first-order chi connectivity index (χ1) is 23.9. The summed E-state index contributed by atoms with van der Waals surface area (Å²) in [6.45, 7) is 17.1. The number of ketones is 1. The zero-order valence-corrected chi connectivity index (χ0v) is 33.1. The van der Waals surface area contributed by atoms with Gasteiger partial charge in [-0.05, 0) is 52.2 Å². The molecule has 1 aliphatic rings. The van der Waals surface area contributed by atoms with Crippen molar-refractivity contribution in [3.8, 4) is 0 Å². The molecular formula is C47H54OSi2. The van der Waals surface area contributed by atoms with Gasteiger partial charge in [-0.25, -0.2) is 0 Å². The Labute approximate surface area is 303 Å². The second-order valence-corrected chi connectivity index (χ2v) is 26.2. The summed E-state index contributed by atoms with van der Waals surface area (Å²) in [6, 6.07) is 56.6. The first-order valence-electron chi connectivity index (χ1n) is 18.4. The Bertz CT molecular complexity index is 1820. The second kappa shape index (κ2) is 14.3. The molecule has 0 fully saturated rings. The molecule has 5 aromatic rings. The van der Waals surface area contributed by atoms with Crippen molar-refractivity contribution in [2.75, 3.05) is 0 Å². The molecule has 3 heteroatoms. The number of carbonyl (C=O) groups excluding carboxylic acids is 1. The number of allylic oxidation sites excluding steroid dienone is 2. The van der Waals surface area contributed by atoms with E-state index in [0.717, 1.165) is 24.4 Å². The van der Waals surface area contributed by atoms with E-state index in [9.17, 15) is 4.79 Å². The van der Waals surface area contributed by atoms with Crippen molar-refractivity contribution in [3.05, 3.63) is 168 Å². The third kappa shape index (κ3) is 6.35. The van der Waals surface area contributed by atoms with Gasteiger partial charge in [0.15, 0.2) is 5.78 Å². The van der Waals surface area contributed by atoms with Crippen molar-refractivity contribution in [1.29, 1.82) is 0 Å². The van der Waals surface area contributed by atoms with Crippen molar-refractivity contribution in [3.63, 3.8) is 0 Å². The molecule has 256 valence electrons. The number of carbonyl (C=O) groups is 1. The molecule has 0 aromatic heterocycles. The average Bonchev–Trinajstić information content (AvgIpc) is 3.12. The highest BCUT2D eigenvalue weighted by Crippen LogP contribution is 2.51. The molecule has 6 rings (SSSR count). The van der Waals surface area contributed by atoms with Crippen LogP contribution in [-0.4, -0.2) is 21.9 Å². The predicted molar refractivity (Wildman–Crippen MR) is 220 cm³/mol. The van der Waals surface area contributed by atoms with Crippen LogP contribution in [-0.2, 0) is 0 Å². The molecule has 0 heterocycles. The van der Waals surface area contributed by atoms with Crippen molar-refractivity contribution in [1.82, 2.24) is 0 Å². The molecule has 0 radical (unpaired) electrons. The minimum atomic E-state index is -2.68. The van der Waals surface area contributed by atoms with Gasteiger partial charge in [-0.1, -0.05) is 214 Å². The normalized spacial score (nSPS) is 17.4. The van der Waals surface area contributed by atoms with E-state index in [0.29, 0.717) is 5.92 Å². The molecule has 1 nitrogen and oxygen atoms in total. The topological polar surface area (TPSA) is 17.1 Å². The van der Waals surface area contributed by atoms with Crippen LogP contribution in [0.2, 0.25) is 16.1 Å². The Hall–Kier alpha value is -4.06. The summed E-state index contributed by atoms with van der Waals surface area (Å²) in [5, 5.41) is 7.40. The summed E-state index contributed by atoms with van der Waals surface area (Å²) < 4.78 is 0. The van der Waals surface area contributed by atoms with E-state index in [1.807, 2.05) is 30.3 Å². The number of hydrogen-bond donors (Lipinski definition) is 0. The Kier molecular flexibility index (Phi) is 10.2. The maximum Gasteiger partial charge on any atom is 0.169 e. The van der Waals surface area contributed by atoms with Gasteiger partial charge < -0.3 is 0 Å². The van der Waals surface area contributed by atoms with Gasteiger partial charge in [0.25, 0.3) is 0 Å². The smallest absolute Gasteiger partial charge is 0.169 e. The van der Waals surface area contributed by atoms with Gasteiger partial charge >= 0.3 is 0 Å². The molecule has 2 atom stereocenters. The standard InChI is InChI=1S/C47H54OSi2/c1-36-43(45(48)38-23-13-8-14-24-38)33-37(35-49(46(2,3)4,39-25-15-9-16-26-39)40-27-17-10-18-28-40)34-44(36)50(47(5,6)7,41-29-19-11-20-30-41)42-31-21-12-22-32-42/h8-32,37,43H,33-35H2,1-7H3. The molecule has 50 heavy (non-hydrogen) atoms. The lowest BCUT2D eigenvalue weighted by molar-refractivity contribution is 0.0919. The Morgan fingerprint density at radius 1 is 0.560 bits per heavy atom. The highest BCUT2D eigenvalue weighted by atomic mass is 28.3. The molecule has 1 aliphatic carbocycles. The molecule has 0 N–H and O–H groups in total. The quantitative estimate of drug-likeness (QED) is 0.111. The molecule has 0 amide bonds. The first kappa shape index (κ1) is 35.8. The van der Waals surface area contributed by atoms with E-state index < -0.39 is 16.1 Å². The summed E-state index contributed by atoms with van der Waals surface area (Å²) in [6.07, 6.45) is 1.90. The van der Waals surface area contributed by atoms with E-state index >= 15 is 0 Å². The largest absolute Gasteiger partial charge is 0.294 e. The summed E-state index contributed by atoms with van der Waals surface area (Å²) in [4.78, 5) is 14.8. The maximum absolute atomic E-state index is 14.8. The van der Waals surface area contributed by atoms with Crippen LogP contribution in [0.25, 0.3) is 0 Å². The van der Waals surface area contributed by atoms with Crippen LogP contribution in [0.15, 0.2) is 162 Å². The van der Waals surface area contributed by atoms with Crippen LogP contribution < -0.4 is 20.7 Å². The third-order valence-corrected chi connectivity index (χ3v) is 24.4. The fourth-order valence-electron chi connectivity index (χ4n) is 9.63. The minimum Gasteiger partial charge on any atom is -0.294 e. The molecule has 5 aromatic carbocycles. The lowest BCUT2D eigenvalue weighted by Crippen LogP contribution is -2.67. The maximum atomic E-state index is 14.8. The van der Waals surface area contributed by atoms with Gasteiger partial charge in [0, 0.05) is 11.5 Å². The number of hydrogen-bond acceptors (Lipinski definition) is 1. The highest BCUT2D eigenvalue weighted by Gasteiger charge is 2.55. The van der Waals surface area contributed by atoms with Gasteiger partial charge in [-0.15, -0.1) is 0 Å². The van der Waals surface area contributed by atoms with Crippen molar-refractivity contribution in [2.45, 2.75) is 77.4 Å². The van der Waals surface area contributed by atoms with Crippen LogP contribution in [0, 0.1) is 11.8 Å². The number of Topliss-reactive ketones (excluding diaryl/α,β-unsaturated/α-hetero) is 1. The van der Waals surface area contributed by atoms with Gasteiger partial charge in [0.1, 0.15) is 16.1 Å². The van der Waals surface area contributed by atoms with Crippen molar-refractivity contribution in [2.24, 2.45) is 11.8 Å². The van der Waals surface area contributed by atoms with Gasteiger partial charge in [0.05, 0.1) is 0 Å². The Morgan fingerprint density at radius 3 is 1.32 bits per heavy atom. The Balaban J connectivity index is 1.63.